The van der Waals surface area contributed by atoms with Crippen LogP contribution in [0.5, 0.6) is 0 Å². The Hall–Kier alpha value is -1.98. The fourth-order valence-electron chi connectivity index (χ4n) is 1.98. The van der Waals surface area contributed by atoms with Crippen molar-refractivity contribution in [3.8, 4) is 0 Å². The monoisotopic (exact) mass is 317 g/mol. The number of hydrogen-bond donors (Lipinski definition) is 0. The maximum Gasteiger partial charge on any atom is 0.275 e. The molecular weight excluding hydrogens is 306 g/mol. The number of aromatic nitrogens is 3. The first-order valence-electron chi connectivity index (χ1n) is 6.35. The number of nitrogens with zero attached hydrogens (tertiary/aromatic N) is 3. The Labute approximate surface area is 130 Å². The van der Waals surface area contributed by atoms with E-state index in [1.54, 1.807) is 6.92 Å². The fourth-order valence-corrected chi connectivity index (χ4v) is 3.12. The minimum Gasteiger partial charge on any atom is -0.267 e. The zero-order valence-electron chi connectivity index (χ0n) is 11.5. The number of halogens is 1. The van der Waals surface area contributed by atoms with E-state index >= 15 is 0 Å². The molecule has 4 nitrogen and oxygen atoms in total. The predicted octanol–water partition coefficient (Wildman–Crippen LogP) is 3.50. The van der Waals surface area contributed by atoms with E-state index in [2.05, 4.69) is 10.1 Å². The molecule has 3 aromatic rings. The summed E-state index contributed by atoms with van der Waals surface area (Å²) in [6.07, 6.45) is 1.84. The number of benzene rings is 1. The Morgan fingerprint density at radius 3 is 2.90 bits per heavy atom. The third-order valence-electron chi connectivity index (χ3n) is 2.91. The standard InChI is InChI=1S/C15H12ClN3OS/c1-9-4-3-5-11(6-9)8-12(16)14-18-19-13(20)7-10(2)17-15(19)21-14/h3-8H,1-2H3/b12-8-. The molecule has 0 amide bonds. The summed E-state index contributed by atoms with van der Waals surface area (Å²) in [6, 6.07) is 9.45. The Morgan fingerprint density at radius 1 is 1.33 bits per heavy atom. The lowest BCUT2D eigenvalue weighted by molar-refractivity contribution is 0.885. The maximum atomic E-state index is 11.8. The molecule has 1 aromatic carbocycles. The molecule has 3 rings (SSSR count). The van der Waals surface area contributed by atoms with Gasteiger partial charge >= 0.3 is 0 Å². The third-order valence-corrected chi connectivity index (χ3v) is 4.25. The van der Waals surface area contributed by atoms with E-state index in [1.165, 1.54) is 21.9 Å². The quantitative estimate of drug-likeness (QED) is 0.726. The van der Waals surface area contributed by atoms with E-state index in [9.17, 15) is 4.79 Å². The highest BCUT2D eigenvalue weighted by Crippen LogP contribution is 2.26. The average molecular weight is 318 g/mol. The van der Waals surface area contributed by atoms with Gasteiger partial charge in [-0.3, -0.25) is 4.79 Å². The first-order valence-corrected chi connectivity index (χ1v) is 7.54. The van der Waals surface area contributed by atoms with Crippen molar-refractivity contribution in [3.63, 3.8) is 0 Å². The molecule has 0 bridgehead atoms. The van der Waals surface area contributed by atoms with E-state index in [0.29, 0.717) is 20.7 Å². The molecule has 0 aliphatic heterocycles. The lowest BCUT2D eigenvalue weighted by atomic mass is 10.1. The molecule has 6 heteroatoms. The van der Waals surface area contributed by atoms with Gasteiger partial charge in [0, 0.05) is 11.8 Å². The highest BCUT2D eigenvalue weighted by Gasteiger charge is 2.10. The van der Waals surface area contributed by atoms with Crippen molar-refractivity contribution in [2.75, 3.05) is 0 Å². The molecule has 21 heavy (non-hydrogen) atoms. The van der Waals surface area contributed by atoms with Crippen molar-refractivity contribution in [1.29, 1.82) is 0 Å². The molecule has 0 spiro atoms. The number of hydrogen-bond acceptors (Lipinski definition) is 4. The van der Waals surface area contributed by atoms with Gasteiger partial charge in [-0.25, -0.2) is 4.98 Å². The fraction of sp³-hybridized carbons (Fsp3) is 0.133. The van der Waals surface area contributed by atoms with E-state index in [1.807, 2.05) is 37.3 Å². The zero-order chi connectivity index (χ0) is 15.0. The molecule has 106 valence electrons. The summed E-state index contributed by atoms with van der Waals surface area (Å²) in [6.45, 7) is 3.81. The second-order valence-electron chi connectivity index (χ2n) is 4.74. The lowest BCUT2D eigenvalue weighted by Crippen LogP contribution is -2.14. The molecule has 0 fully saturated rings. The van der Waals surface area contributed by atoms with Crippen LogP contribution in [0.15, 0.2) is 35.1 Å². The van der Waals surface area contributed by atoms with Gasteiger partial charge in [-0.05, 0) is 25.5 Å². The smallest absolute Gasteiger partial charge is 0.267 e. The molecule has 0 saturated carbocycles. The van der Waals surface area contributed by atoms with Crippen molar-refractivity contribution < 1.29 is 0 Å². The van der Waals surface area contributed by atoms with Crippen LogP contribution in [0.4, 0.5) is 0 Å². The number of fused-ring (bicyclic) bond motifs is 1. The van der Waals surface area contributed by atoms with Crippen molar-refractivity contribution in [2.45, 2.75) is 13.8 Å². The Bertz CT molecular complexity index is 911. The summed E-state index contributed by atoms with van der Waals surface area (Å²) < 4.78 is 1.28. The zero-order valence-corrected chi connectivity index (χ0v) is 13.1. The van der Waals surface area contributed by atoms with E-state index < -0.39 is 0 Å². The van der Waals surface area contributed by atoms with Crippen LogP contribution in [-0.2, 0) is 0 Å². The van der Waals surface area contributed by atoms with Gasteiger partial charge in [0.1, 0.15) is 0 Å². The Kier molecular flexibility index (Phi) is 3.61. The summed E-state index contributed by atoms with van der Waals surface area (Å²) in [4.78, 5) is 16.7. The highest BCUT2D eigenvalue weighted by atomic mass is 35.5. The van der Waals surface area contributed by atoms with Gasteiger partial charge in [-0.1, -0.05) is 52.8 Å². The normalized spacial score (nSPS) is 12.0. The van der Waals surface area contributed by atoms with Gasteiger partial charge in [0.2, 0.25) is 4.96 Å². The first-order chi connectivity index (χ1) is 10.0. The topological polar surface area (TPSA) is 47.3 Å². The maximum absolute atomic E-state index is 11.8. The van der Waals surface area contributed by atoms with Crippen LogP contribution >= 0.6 is 22.9 Å². The van der Waals surface area contributed by atoms with Crippen molar-refractivity contribution in [1.82, 2.24) is 14.6 Å². The molecule has 0 aliphatic carbocycles. The summed E-state index contributed by atoms with van der Waals surface area (Å²) in [5.41, 5.74) is 2.63. The van der Waals surface area contributed by atoms with Gasteiger partial charge in [0.05, 0.1) is 5.03 Å². The molecule has 2 aromatic heterocycles. The van der Waals surface area contributed by atoms with Crippen LogP contribution in [-0.4, -0.2) is 14.6 Å². The van der Waals surface area contributed by atoms with Crippen LogP contribution in [0.3, 0.4) is 0 Å². The Balaban J connectivity index is 2.07. The summed E-state index contributed by atoms with van der Waals surface area (Å²) in [5, 5.41) is 5.30. The second-order valence-corrected chi connectivity index (χ2v) is 6.11. The van der Waals surface area contributed by atoms with E-state index in [4.69, 9.17) is 11.6 Å². The first kappa shape index (κ1) is 14.0. The molecular formula is C15H12ClN3OS. The Morgan fingerprint density at radius 2 is 2.14 bits per heavy atom. The van der Waals surface area contributed by atoms with Crippen LogP contribution in [0.2, 0.25) is 0 Å². The van der Waals surface area contributed by atoms with Gasteiger partial charge in [-0.15, -0.1) is 0 Å². The van der Waals surface area contributed by atoms with Crippen LogP contribution in [0.1, 0.15) is 21.8 Å². The van der Waals surface area contributed by atoms with Gasteiger partial charge in [0.15, 0.2) is 5.01 Å². The number of aryl methyl sites for hydroxylation is 2. The van der Waals surface area contributed by atoms with Gasteiger partial charge < -0.3 is 0 Å². The van der Waals surface area contributed by atoms with Crippen molar-refractivity contribution >= 4 is 39.0 Å². The van der Waals surface area contributed by atoms with Crippen molar-refractivity contribution in [3.05, 3.63) is 62.5 Å². The predicted molar refractivity (Wildman–Crippen MR) is 86.8 cm³/mol. The summed E-state index contributed by atoms with van der Waals surface area (Å²) >= 11 is 7.62. The van der Waals surface area contributed by atoms with E-state index in [0.717, 1.165) is 11.1 Å². The minimum absolute atomic E-state index is 0.194. The SMILES string of the molecule is Cc1cccc(/C=C(\Cl)c2nn3c(=O)cc(C)nc3s2)c1. The molecule has 0 atom stereocenters. The molecule has 2 heterocycles. The van der Waals surface area contributed by atoms with Crippen molar-refractivity contribution in [2.24, 2.45) is 0 Å². The lowest BCUT2D eigenvalue weighted by Gasteiger charge is -1.96. The van der Waals surface area contributed by atoms with E-state index in [-0.39, 0.29) is 5.56 Å². The minimum atomic E-state index is -0.194. The van der Waals surface area contributed by atoms with Gasteiger partial charge in [-0.2, -0.15) is 9.61 Å². The van der Waals surface area contributed by atoms with Gasteiger partial charge in [0.25, 0.3) is 5.56 Å². The summed E-state index contributed by atoms with van der Waals surface area (Å²) in [7, 11) is 0. The molecule has 0 unspecified atom stereocenters. The summed E-state index contributed by atoms with van der Waals surface area (Å²) in [5.74, 6) is 0. The molecule has 0 radical (unpaired) electrons. The molecule has 0 aliphatic rings. The van der Waals surface area contributed by atoms with Crippen LogP contribution in [0.25, 0.3) is 16.1 Å². The third kappa shape index (κ3) is 2.89. The second kappa shape index (κ2) is 5.42. The van der Waals surface area contributed by atoms with Crippen LogP contribution in [0, 0.1) is 13.8 Å². The molecule has 0 N–H and O–H groups in total. The average Bonchev–Trinajstić information content (AvgIpc) is 2.83. The largest absolute Gasteiger partial charge is 0.275 e. The highest BCUT2D eigenvalue weighted by molar-refractivity contribution is 7.18. The van der Waals surface area contributed by atoms with Crippen LogP contribution < -0.4 is 5.56 Å². The molecule has 0 saturated heterocycles. The number of rotatable bonds is 2.